The first-order chi connectivity index (χ1) is 6.63. The summed E-state index contributed by atoms with van der Waals surface area (Å²) in [6.45, 7) is 0. The van der Waals surface area contributed by atoms with Crippen LogP contribution in [0.15, 0.2) is 27.1 Å². The predicted molar refractivity (Wildman–Crippen MR) is 64.9 cm³/mol. The average molecular weight is 341 g/mol. The van der Waals surface area contributed by atoms with Crippen molar-refractivity contribution in [1.29, 1.82) is 0 Å². The van der Waals surface area contributed by atoms with Gasteiger partial charge < -0.3 is 10.1 Å². The zero-order valence-electron chi connectivity index (χ0n) is 6.96. The lowest BCUT2D eigenvalue weighted by Gasteiger charge is -2.05. The number of benzene rings is 1. The van der Waals surface area contributed by atoms with Crippen molar-refractivity contribution in [2.75, 3.05) is 5.88 Å². The highest BCUT2D eigenvalue weighted by molar-refractivity contribution is 9.13. The van der Waals surface area contributed by atoms with Crippen molar-refractivity contribution in [3.63, 3.8) is 0 Å². The Morgan fingerprint density at radius 3 is 2.71 bits per heavy atom. The lowest BCUT2D eigenvalue weighted by atomic mass is 10.3. The van der Waals surface area contributed by atoms with Crippen molar-refractivity contribution in [2.24, 2.45) is 0 Å². The highest BCUT2D eigenvalue weighted by Crippen LogP contribution is 2.27. The van der Waals surface area contributed by atoms with Crippen molar-refractivity contribution in [3.8, 4) is 5.75 Å². The minimum Gasteiger partial charge on any atom is -0.410 e. The minimum absolute atomic E-state index is 0.247. The SMILES string of the molecule is O=C(NCS)Oc1ccc(Br)c(Br)c1. The van der Waals surface area contributed by atoms with Crippen LogP contribution in [0.1, 0.15) is 0 Å². The molecule has 0 aliphatic heterocycles. The van der Waals surface area contributed by atoms with Gasteiger partial charge in [-0.1, -0.05) is 0 Å². The summed E-state index contributed by atoms with van der Waals surface area (Å²) in [5.74, 6) is 0.718. The highest BCUT2D eigenvalue weighted by atomic mass is 79.9. The molecule has 0 spiro atoms. The molecule has 0 aliphatic carbocycles. The molecule has 3 nitrogen and oxygen atoms in total. The average Bonchev–Trinajstić information content (AvgIpc) is 2.12. The van der Waals surface area contributed by atoms with Gasteiger partial charge >= 0.3 is 6.09 Å². The molecule has 6 heteroatoms. The van der Waals surface area contributed by atoms with Crippen molar-refractivity contribution in [1.82, 2.24) is 5.32 Å². The van der Waals surface area contributed by atoms with Gasteiger partial charge in [-0.15, -0.1) is 0 Å². The summed E-state index contributed by atoms with van der Waals surface area (Å²) in [5.41, 5.74) is 0. The van der Waals surface area contributed by atoms with E-state index in [1.54, 1.807) is 18.2 Å². The second-order valence-electron chi connectivity index (χ2n) is 2.30. The van der Waals surface area contributed by atoms with Crippen LogP contribution in [0.2, 0.25) is 0 Å². The maximum absolute atomic E-state index is 11.0. The monoisotopic (exact) mass is 339 g/mol. The van der Waals surface area contributed by atoms with Crippen LogP contribution in [0.25, 0.3) is 0 Å². The summed E-state index contributed by atoms with van der Waals surface area (Å²) < 4.78 is 6.67. The number of amides is 1. The molecule has 1 aromatic rings. The highest BCUT2D eigenvalue weighted by Gasteiger charge is 2.04. The molecule has 0 saturated heterocycles. The van der Waals surface area contributed by atoms with Gasteiger partial charge in [0.25, 0.3) is 0 Å². The predicted octanol–water partition coefficient (Wildman–Crippen LogP) is 3.19. The van der Waals surface area contributed by atoms with E-state index in [1.165, 1.54) is 0 Å². The van der Waals surface area contributed by atoms with Gasteiger partial charge in [-0.3, -0.25) is 0 Å². The number of carbonyl (C=O) groups is 1. The standard InChI is InChI=1S/C8H7Br2NO2S/c9-6-2-1-5(3-7(6)10)13-8(12)11-4-14/h1-3,14H,4H2,(H,11,12). The number of carbonyl (C=O) groups excluding carboxylic acids is 1. The van der Waals surface area contributed by atoms with Crippen LogP contribution in [0.3, 0.4) is 0 Å². The fourth-order valence-electron chi connectivity index (χ4n) is 0.748. The largest absolute Gasteiger partial charge is 0.413 e. The molecular weight excluding hydrogens is 334 g/mol. The molecule has 1 aromatic carbocycles. The zero-order valence-corrected chi connectivity index (χ0v) is 11.0. The Balaban J connectivity index is 2.68. The van der Waals surface area contributed by atoms with E-state index in [0.717, 1.165) is 8.95 Å². The summed E-state index contributed by atoms with van der Waals surface area (Å²) in [6, 6.07) is 5.17. The van der Waals surface area contributed by atoms with Crippen LogP contribution in [0.5, 0.6) is 5.75 Å². The first-order valence-electron chi connectivity index (χ1n) is 3.65. The molecule has 0 heterocycles. The lowest BCUT2D eigenvalue weighted by Crippen LogP contribution is -2.25. The molecule has 1 amide bonds. The smallest absolute Gasteiger partial charge is 0.410 e. The van der Waals surface area contributed by atoms with Crippen molar-refractivity contribution >= 4 is 50.6 Å². The van der Waals surface area contributed by atoms with Crippen LogP contribution in [-0.4, -0.2) is 12.0 Å². The summed E-state index contributed by atoms with van der Waals surface area (Å²) in [6.07, 6.45) is -0.519. The number of hydrogen-bond donors (Lipinski definition) is 2. The van der Waals surface area contributed by atoms with Crippen molar-refractivity contribution in [2.45, 2.75) is 0 Å². The Bertz CT molecular complexity index is 346. The molecule has 0 fully saturated rings. The lowest BCUT2D eigenvalue weighted by molar-refractivity contribution is 0.202. The van der Waals surface area contributed by atoms with Gasteiger partial charge in [0, 0.05) is 8.95 Å². The van der Waals surface area contributed by atoms with Gasteiger partial charge in [-0.05, 0) is 50.1 Å². The summed E-state index contributed by atoms with van der Waals surface area (Å²) >= 11 is 10.4. The second kappa shape index (κ2) is 5.63. The maximum atomic E-state index is 11.0. The van der Waals surface area contributed by atoms with E-state index in [9.17, 15) is 4.79 Å². The van der Waals surface area contributed by atoms with Crippen LogP contribution < -0.4 is 10.1 Å². The van der Waals surface area contributed by atoms with Crippen LogP contribution in [-0.2, 0) is 0 Å². The number of hydrogen-bond acceptors (Lipinski definition) is 3. The van der Waals surface area contributed by atoms with Crippen LogP contribution in [0.4, 0.5) is 4.79 Å². The Labute approximate surface area is 104 Å². The number of nitrogens with one attached hydrogen (secondary N) is 1. The van der Waals surface area contributed by atoms with E-state index in [1.807, 2.05) is 0 Å². The normalized spacial score (nSPS) is 9.64. The summed E-state index contributed by atoms with van der Waals surface area (Å²) in [4.78, 5) is 11.0. The number of halogens is 2. The van der Waals surface area contributed by atoms with E-state index in [4.69, 9.17) is 4.74 Å². The molecule has 0 aromatic heterocycles. The number of ether oxygens (including phenoxy) is 1. The first-order valence-corrected chi connectivity index (χ1v) is 5.87. The quantitative estimate of drug-likeness (QED) is 0.641. The van der Waals surface area contributed by atoms with E-state index >= 15 is 0 Å². The molecule has 0 aliphatic rings. The maximum Gasteiger partial charge on any atom is 0.413 e. The molecule has 0 bridgehead atoms. The molecule has 76 valence electrons. The summed E-state index contributed by atoms with van der Waals surface area (Å²) in [7, 11) is 0. The Hall–Kier alpha value is -0.200. The fraction of sp³-hybridized carbons (Fsp3) is 0.125. The third-order valence-corrected chi connectivity index (χ3v) is 3.36. The second-order valence-corrected chi connectivity index (χ2v) is 4.33. The zero-order chi connectivity index (χ0) is 10.6. The molecule has 1 rings (SSSR count). The first kappa shape index (κ1) is 11.9. The Kier molecular flexibility index (Phi) is 4.77. The van der Waals surface area contributed by atoms with Gasteiger partial charge in [0.05, 0.1) is 5.88 Å². The van der Waals surface area contributed by atoms with E-state index < -0.39 is 6.09 Å². The topological polar surface area (TPSA) is 38.3 Å². The van der Waals surface area contributed by atoms with Gasteiger partial charge in [0.1, 0.15) is 5.75 Å². The van der Waals surface area contributed by atoms with Gasteiger partial charge in [0.2, 0.25) is 0 Å². The van der Waals surface area contributed by atoms with Crippen LogP contribution >= 0.6 is 44.5 Å². The number of thiol groups is 1. The van der Waals surface area contributed by atoms with E-state index in [2.05, 4.69) is 49.8 Å². The van der Waals surface area contributed by atoms with E-state index in [-0.39, 0.29) is 5.88 Å². The van der Waals surface area contributed by atoms with E-state index in [0.29, 0.717) is 5.75 Å². The minimum atomic E-state index is -0.519. The third-order valence-electron chi connectivity index (χ3n) is 1.33. The molecule has 0 atom stereocenters. The molecule has 0 radical (unpaired) electrons. The molecule has 0 saturated carbocycles. The van der Waals surface area contributed by atoms with Crippen LogP contribution in [0, 0.1) is 0 Å². The third kappa shape index (κ3) is 3.51. The molecule has 1 N–H and O–H groups in total. The Morgan fingerprint density at radius 1 is 1.43 bits per heavy atom. The van der Waals surface area contributed by atoms with Gasteiger partial charge in [0.15, 0.2) is 0 Å². The van der Waals surface area contributed by atoms with Crippen molar-refractivity contribution < 1.29 is 9.53 Å². The molecule has 0 unspecified atom stereocenters. The fourth-order valence-corrected chi connectivity index (χ4v) is 1.48. The van der Waals surface area contributed by atoms with Gasteiger partial charge in [-0.2, -0.15) is 12.6 Å². The number of rotatable bonds is 2. The van der Waals surface area contributed by atoms with Crippen molar-refractivity contribution in [3.05, 3.63) is 27.1 Å². The van der Waals surface area contributed by atoms with Gasteiger partial charge in [-0.25, -0.2) is 4.79 Å². The molecule has 14 heavy (non-hydrogen) atoms. The molecular formula is C8H7Br2NO2S. The Morgan fingerprint density at radius 2 is 2.14 bits per heavy atom. The summed E-state index contributed by atoms with van der Waals surface area (Å²) in [5, 5.41) is 2.40.